The first-order chi connectivity index (χ1) is 6.75. The predicted octanol–water partition coefficient (Wildman–Crippen LogP) is -0.362. The fourth-order valence-corrected chi connectivity index (χ4v) is 1.29. The van der Waals surface area contributed by atoms with E-state index < -0.39 is 0 Å². The zero-order chi connectivity index (χ0) is 9.97. The molecule has 0 N–H and O–H groups in total. The number of aromatic nitrogens is 2. The van der Waals surface area contributed by atoms with E-state index in [1.165, 1.54) is 5.56 Å². The van der Waals surface area contributed by atoms with Crippen molar-refractivity contribution in [2.45, 2.75) is 6.92 Å². The molecule has 2 rings (SSSR count). The van der Waals surface area contributed by atoms with E-state index in [9.17, 15) is 0 Å². The van der Waals surface area contributed by atoms with Gasteiger partial charge in [-0.05, 0) is 30.8 Å². The second-order valence-corrected chi connectivity index (χ2v) is 3.27. The average molecular weight is 190 g/mol. The fourth-order valence-electron chi connectivity index (χ4n) is 1.29. The molecule has 0 bridgehead atoms. The molecule has 0 saturated heterocycles. The molecule has 0 aromatic carbocycles. The Bertz CT molecular complexity index is 411. The minimum atomic E-state index is 0. The van der Waals surface area contributed by atoms with Crippen LogP contribution in [0.25, 0.3) is 11.4 Å². The fraction of sp³-hybridized carbons (Fsp3) is 0.0833. The number of nitrogens with zero attached hydrogens (tertiary/aromatic N) is 2. The molecule has 0 spiro atoms. The van der Waals surface area contributed by atoms with Gasteiger partial charge in [0.05, 0.1) is 5.69 Å². The van der Waals surface area contributed by atoms with Crippen LogP contribution in [-0.2, 0) is 0 Å². The van der Waals surface area contributed by atoms with Crippen molar-refractivity contribution in [2.24, 2.45) is 0 Å². The zero-order valence-electron chi connectivity index (χ0n) is 9.07. The van der Waals surface area contributed by atoms with Crippen LogP contribution in [-0.4, -0.2) is 9.97 Å². The second-order valence-electron chi connectivity index (χ2n) is 3.27. The molecular formula is C12H11LiN2. The summed E-state index contributed by atoms with van der Waals surface area (Å²) in [4.78, 5) is 8.51. The van der Waals surface area contributed by atoms with Gasteiger partial charge in [-0.3, -0.25) is 9.97 Å². The molecule has 0 aliphatic heterocycles. The van der Waals surface area contributed by atoms with E-state index in [-0.39, 0.29) is 18.9 Å². The Morgan fingerprint density at radius 1 is 1.00 bits per heavy atom. The van der Waals surface area contributed by atoms with E-state index in [2.05, 4.69) is 16.9 Å². The van der Waals surface area contributed by atoms with E-state index in [1.54, 1.807) is 12.4 Å². The van der Waals surface area contributed by atoms with E-state index in [1.807, 2.05) is 31.2 Å². The maximum absolute atomic E-state index is 4.26. The summed E-state index contributed by atoms with van der Waals surface area (Å²) in [6.45, 7) is 5.90. The van der Waals surface area contributed by atoms with Gasteiger partial charge in [-0.25, -0.2) is 0 Å². The summed E-state index contributed by atoms with van der Waals surface area (Å²) in [5, 5.41) is 0. The minimum absolute atomic E-state index is 0. The van der Waals surface area contributed by atoms with Crippen molar-refractivity contribution in [2.75, 3.05) is 0 Å². The third kappa shape index (κ3) is 2.86. The molecule has 0 aliphatic rings. The van der Waals surface area contributed by atoms with Crippen molar-refractivity contribution in [3.05, 3.63) is 54.7 Å². The van der Waals surface area contributed by atoms with E-state index in [0.29, 0.717) is 0 Å². The molecule has 0 radical (unpaired) electrons. The van der Waals surface area contributed by atoms with Crippen molar-refractivity contribution in [1.82, 2.24) is 9.97 Å². The molecule has 0 unspecified atom stereocenters. The molecule has 0 aliphatic carbocycles. The molecule has 0 amide bonds. The molecule has 15 heavy (non-hydrogen) atoms. The average Bonchev–Trinajstić information content (AvgIpc) is 2.18. The van der Waals surface area contributed by atoms with Crippen LogP contribution in [0, 0.1) is 13.8 Å². The smallest absolute Gasteiger partial charge is 0.281 e. The van der Waals surface area contributed by atoms with Crippen LogP contribution < -0.4 is 18.9 Å². The topological polar surface area (TPSA) is 25.8 Å². The Labute approximate surface area is 102 Å². The number of hydrogen-bond acceptors (Lipinski definition) is 2. The normalized spacial score (nSPS) is 9.40. The van der Waals surface area contributed by atoms with Crippen LogP contribution >= 0.6 is 0 Å². The summed E-state index contributed by atoms with van der Waals surface area (Å²) in [6, 6.07) is 7.79. The summed E-state index contributed by atoms with van der Waals surface area (Å²) in [7, 11) is 0. The van der Waals surface area contributed by atoms with Crippen molar-refractivity contribution in [3.8, 4) is 11.4 Å². The molecular weight excluding hydrogens is 179 g/mol. The summed E-state index contributed by atoms with van der Waals surface area (Å²) in [5.41, 5.74) is 3.92. The quantitative estimate of drug-likeness (QED) is 0.453. The monoisotopic (exact) mass is 190 g/mol. The molecule has 2 aromatic heterocycles. The van der Waals surface area contributed by atoms with Crippen LogP contribution in [0.5, 0.6) is 0 Å². The van der Waals surface area contributed by atoms with Gasteiger partial charge in [-0.15, -0.1) is 12.1 Å². The molecule has 0 fully saturated rings. The van der Waals surface area contributed by atoms with E-state index in [0.717, 1.165) is 17.0 Å². The van der Waals surface area contributed by atoms with Crippen LogP contribution in [0.2, 0.25) is 0 Å². The first kappa shape index (κ1) is 11.8. The van der Waals surface area contributed by atoms with Crippen molar-refractivity contribution < 1.29 is 18.9 Å². The van der Waals surface area contributed by atoms with Crippen LogP contribution in [0.4, 0.5) is 0 Å². The van der Waals surface area contributed by atoms with E-state index in [4.69, 9.17) is 0 Å². The SMILES string of the molecule is [CH2-]c1ccnc(-c2cc(C)ccn2)c1.[Li+]. The van der Waals surface area contributed by atoms with Crippen molar-refractivity contribution >= 4 is 0 Å². The predicted molar refractivity (Wildman–Crippen MR) is 56.7 cm³/mol. The first-order valence-electron chi connectivity index (χ1n) is 4.47. The third-order valence-electron chi connectivity index (χ3n) is 2.00. The molecule has 70 valence electrons. The van der Waals surface area contributed by atoms with Crippen LogP contribution in [0.1, 0.15) is 11.1 Å². The van der Waals surface area contributed by atoms with Gasteiger partial charge in [0.25, 0.3) is 0 Å². The summed E-state index contributed by atoms with van der Waals surface area (Å²) in [6.07, 6.45) is 3.55. The summed E-state index contributed by atoms with van der Waals surface area (Å²) < 4.78 is 0. The van der Waals surface area contributed by atoms with Gasteiger partial charge in [0, 0.05) is 11.9 Å². The maximum Gasteiger partial charge on any atom is 1.00 e. The number of rotatable bonds is 1. The standard InChI is InChI=1S/C12H11N2.Li/c1-9-3-5-13-11(7-9)12-8-10(2)4-6-14-12;/h3-8H,1H2,2H3;/q-1;+1. The van der Waals surface area contributed by atoms with Crippen molar-refractivity contribution in [3.63, 3.8) is 0 Å². The van der Waals surface area contributed by atoms with Crippen LogP contribution in [0.15, 0.2) is 36.7 Å². The number of aryl methyl sites for hydroxylation is 1. The molecule has 2 aromatic rings. The van der Waals surface area contributed by atoms with Gasteiger partial charge in [0.15, 0.2) is 0 Å². The molecule has 2 heterocycles. The number of hydrogen-bond donors (Lipinski definition) is 0. The Balaban J connectivity index is 0.00000112. The molecule has 3 heteroatoms. The van der Waals surface area contributed by atoms with Gasteiger partial charge >= 0.3 is 18.9 Å². The summed E-state index contributed by atoms with van der Waals surface area (Å²) >= 11 is 0. The van der Waals surface area contributed by atoms with Gasteiger partial charge in [-0.2, -0.15) is 12.5 Å². The Hall–Kier alpha value is -1.23. The van der Waals surface area contributed by atoms with Gasteiger partial charge < -0.3 is 0 Å². The minimum Gasteiger partial charge on any atom is -0.281 e. The van der Waals surface area contributed by atoms with Crippen LogP contribution in [0.3, 0.4) is 0 Å². The Kier molecular flexibility index (Phi) is 3.96. The zero-order valence-corrected chi connectivity index (χ0v) is 9.07. The largest absolute Gasteiger partial charge is 1.00 e. The molecule has 0 atom stereocenters. The van der Waals surface area contributed by atoms with Gasteiger partial charge in [-0.1, -0.05) is 0 Å². The first-order valence-corrected chi connectivity index (χ1v) is 4.47. The maximum atomic E-state index is 4.26. The molecule has 0 saturated carbocycles. The second kappa shape index (κ2) is 5.02. The molecule has 2 nitrogen and oxygen atoms in total. The van der Waals surface area contributed by atoms with E-state index >= 15 is 0 Å². The number of pyridine rings is 2. The Morgan fingerprint density at radius 3 is 2.20 bits per heavy atom. The van der Waals surface area contributed by atoms with Gasteiger partial charge in [0.2, 0.25) is 0 Å². The Morgan fingerprint density at radius 2 is 1.60 bits per heavy atom. The third-order valence-corrected chi connectivity index (χ3v) is 2.00. The summed E-state index contributed by atoms with van der Waals surface area (Å²) in [5.74, 6) is 0. The van der Waals surface area contributed by atoms with Crippen molar-refractivity contribution in [1.29, 1.82) is 0 Å². The van der Waals surface area contributed by atoms with Gasteiger partial charge in [0.1, 0.15) is 0 Å².